The maximum absolute atomic E-state index is 12.7. The molecule has 6 aromatic rings. The number of ether oxygens (including phenoxy) is 2. The Morgan fingerprint density at radius 1 is 0.974 bits per heavy atom. The number of H-pyrrole nitrogens is 1. The molecule has 0 aliphatic rings. The lowest BCUT2D eigenvalue weighted by molar-refractivity contribution is 0.181. The van der Waals surface area contributed by atoms with Gasteiger partial charge in [0.05, 0.1) is 12.4 Å². The number of rotatable bonds is 10. The molecule has 0 aliphatic carbocycles. The topological polar surface area (TPSA) is 108 Å². The highest BCUT2D eigenvalue weighted by Gasteiger charge is 2.17. The number of benzene rings is 3. The Kier molecular flexibility index (Phi) is 7.11. The Labute approximate surface area is 227 Å². The molecule has 0 radical (unpaired) electrons. The molecule has 0 saturated carbocycles. The van der Waals surface area contributed by atoms with Gasteiger partial charge in [-0.3, -0.25) is 4.79 Å². The van der Waals surface area contributed by atoms with Crippen molar-refractivity contribution in [1.29, 1.82) is 0 Å². The predicted molar refractivity (Wildman–Crippen MR) is 150 cm³/mol. The van der Waals surface area contributed by atoms with Crippen molar-refractivity contribution in [3.8, 4) is 16.9 Å². The number of furan rings is 1. The van der Waals surface area contributed by atoms with Crippen molar-refractivity contribution in [2.75, 3.05) is 13.7 Å². The largest absolute Gasteiger partial charge is 0.485 e. The molecule has 0 atom stereocenters. The Bertz CT molecular complexity index is 1790. The Morgan fingerprint density at radius 2 is 1.77 bits per heavy atom. The average Bonchev–Trinajstić information content (AvgIpc) is 3.55. The lowest BCUT2D eigenvalue weighted by Crippen LogP contribution is -2.13. The van der Waals surface area contributed by atoms with E-state index in [0.717, 1.165) is 22.3 Å². The minimum atomic E-state index is -0.307. The molecule has 39 heavy (non-hydrogen) atoms. The van der Waals surface area contributed by atoms with E-state index < -0.39 is 0 Å². The smallest absolute Gasteiger partial charge is 0.294 e. The summed E-state index contributed by atoms with van der Waals surface area (Å²) in [6.45, 7) is 1.28. The number of para-hydroxylation sites is 2. The molecular weight excluding hydrogens is 514 g/mol. The Balaban J connectivity index is 1.23. The second-order valence-corrected chi connectivity index (χ2v) is 9.71. The summed E-state index contributed by atoms with van der Waals surface area (Å²) in [6.07, 6.45) is 0. The van der Waals surface area contributed by atoms with E-state index in [1.54, 1.807) is 7.11 Å². The minimum Gasteiger partial charge on any atom is -0.485 e. The first-order chi connectivity index (χ1) is 19.2. The Hall–Kier alpha value is -4.41. The highest BCUT2D eigenvalue weighted by molar-refractivity contribution is 7.98. The van der Waals surface area contributed by atoms with Gasteiger partial charge in [-0.05, 0) is 23.8 Å². The van der Waals surface area contributed by atoms with Gasteiger partial charge in [-0.2, -0.15) is 0 Å². The molecule has 3 aromatic carbocycles. The number of aromatic nitrogens is 5. The lowest BCUT2D eigenvalue weighted by Gasteiger charge is -2.13. The van der Waals surface area contributed by atoms with Crippen molar-refractivity contribution in [2.24, 2.45) is 0 Å². The van der Waals surface area contributed by atoms with Crippen LogP contribution in [0.3, 0.4) is 0 Å². The lowest BCUT2D eigenvalue weighted by atomic mass is 10.1. The molecule has 3 aromatic heterocycles. The summed E-state index contributed by atoms with van der Waals surface area (Å²) in [4.78, 5) is 20.2. The van der Waals surface area contributed by atoms with E-state index >= 15 is 0 Å². The van der Waals surface area contributed by atoms with Crippen LogP contribution in [0, 0.1) is 0 Å². The van der Waals surface area contributed by atoms with Crippen LogP contribution in [0.15, 0.2) is 93.2 Å². The normalized spacial score (nSPS) is 11.4. The summed E-state index contributed by atoms with van der Waals surface area (Å²) in [7, 11) is 1.66. The SMILES string of the molecule is COCCn1c(COc2ccccc2-c2ccccc2)nnc1SCc1nc2c(oc3ccccc32)c(=O)[nH]1. The van der Waals surface area contributed by atoms with Crippen LogP contribution in [-0.4, -0.2) is 38.4 Å². The van der Waals surface area contributed by atoms with Crippen molar-refractivity contribution in [3.63, 3.8) is 0 Å². The number of methoxy groups -OCH3 is 1. The monoisotopic (exact) mass is 539 g/mol. The molecule has 6 rings (SSSR count). The van der Waals surface area contributed by atoms with Gasteiger partial charge in [0.1, 0.15) is 29.3 Å². The fourth-order valence-corrected chi connectivity index (χ4v) is 5.23. The standard InChI is InChI=1S/C29H25N5O4S/c1-36-16-15-34-25(17-37-22-13-7-5-11-20(22)19-9-3-2-4-10-19)32-33-29(34)39-18-24-30-26-21-12-6-8-14-23(21)38-27(26)28(35)31-24/h2-14H,15-18H2,1H3,(H,30,31,35). The molecule has 0 fully saturated rings. The summed E-state index contributed by atoms with van der Waals surface area (Å²) in [6, 6.07) is 25.5. The number of hydrogen-bond donors (Lipinski definition) is 1. The number of nitrogens with one attached hydrogen (secondary N) is 1. The number of thioether (sulfide) groups is 1. The molecule has 196 valence electrons. The quantitative estimate of drug-likeness (QED) is 0.229. The van der Waals surface area contributed by atoms with Crippen LogP contribution in [0.5, 0.6) is 5.75 Å². The van der Waals surface area contributed by atoms with E-state index in [4.69, 9.17) is 13.9 Å². The maximum Gasteiger partial charge on any atom is 0.294 e. The van der Waals surface area contributed by atoms with Gasteiger partial charge in [0.2, 0.25) is 5.58 Å². The van der Waals surface area contributed by atoms with E-state index in [1.807, 2.05) is 71.3 Å². The van der Waals surface area contributed by atoms with Crippen molar-refractivity contribution >= 4 is 33.8 Å². The summed E-state index contributed by atoms with van der Waals surface area (Å²) < 4.78 is 19.2. The van der Waals surface area contributed by atoms with Gasteiger partial charge in [-0.25, -0.2) is 4.98 Å². The van der Waals surface area contributed by atoms with Crippen LogP contribution in [0.4, 0.5) is 0 Å². The van der Waals surface area contributed by atoms with Crippen LogP contribution in [0.25, 0.3) is 33.2 Å². The van der Waals surface area contributed by atoms with Crippen LogP contribution >= 0.6 is 11.8 Å². The summed E-state index contributed by atoms with van der Waals surface area (Å²) in [5, 5.41) is 10.3. The summed E-state index contributed by atoms with van der Waals surface area (Å²) >= 11 is 1.43. The van der Waals surface area contributed by atoms with Crippen LogP contribution in [0.2, 0.25) is 0 Å². The van der Waals surface area contributed by atoms with E-state index in [9.17, 15) is 4.79 Å². The van der Waals surface area contributed by atoms with E-state index in [2.05, 4.69) is 32.3 Å². The predicted octanol–water partition coefficient (Wildman–Crippen LogP) is 5.45. The molecule has 0 unspecified atom stereocenters. The van der Waals surface area contributed by atoms with Crippen molar-refractivity contribution in [1.82, 2.24) is 24.7 Å². The third-order valence-corrected chi connectivity index (χ3v) is 7.24. The number of aromatic amines is 1. The summed E-state index contributed by atoms with van der Waals surface area (Å²) in [5.74, 6) is 2.37. The third kappa shape index (κ3) is 5.16. The van der Waals surface area contributed by atoms with Gasteiger partial charge < -0.3 is 23.4 Å². The second kappa shape index (κ2) is 11.1. The molecule has 10 heteroatoms. The molecule has 3 heterocycles. The zero-order chi connectivity index (χ0) is 26.6. The first-order valence-corrected chi connectivity index (χ1v) is 13.4. The van der Waals surface area contributed by atoms with E-state index in [0.29, 0.717) is 46.8 Å². The van der Waals surface area contributed by atoms with Gasteiger partial charge in [0.15, 0.2) is 11.0 Å². The molecule has 1 N–H and O–H groups in total. The first kappa shape index (κ1) is 24.9. The molecule has 0 spiro atoms. The molecule has 0 saturated heterocycles. The van der Waals surface area contributed by atoms with Gasteiger partial charge in [0.25, 0.3) is 5.56 Å². The summed E-state index contributed by atoms with van der Waals surface area (Å²) in [5.41, 5.74) is 3.19. The highest BCUT2D eigenvalue weighted by atomic mass is 32.2. The van der Waals surface area contributed by atoms with E-state index in [1.165, 1.54) is 11.8 Å². The van der Waals surface area contributed by atoms with Crippen LogP contribution < -0.4 is 10.3 Å². The van der Waals surface area contributed by atoms with Gasteiger partial charge in [0, 0.05) is 24.6 Å². The number of hydrogen-bond acceptors (Lipinski definition) is 8. The zero-order valence-corrected chi connectivity index (χ0v) is 22.0. The Morgan fingerprint density at radius 3 is 2.64 bits per heavy atom. The number of fused-ring (bicyclic) bond motifs is 3. The molecule has 0 bridgehead atoms. The third-order valence-electron chi connectivity index (χ3n) is 6.26. The minimum absolute atomic E-state index is 0.225. The first-order valence-electron chi connectivity index (χ1n) is 12.4. The second-order valence-electron chi connectivity index (χ2n) is 8.77. The van der Waals surface area contributed by atoms with Gasteiger partial charge >= 0.3 is 0 Å². The molecule has 9 nitrogen and oxygen atoms in total. The van der Waals surface area contributed by atoms with Gasteiger partial charge in [-0.1, -0.05) is 72.4 Å². The van der Waals surface area contributed by atoms with Gasteiger partial charge in [-0.15, -0.1) is 10.2 Å². The van der Waals surface area contributed by atoms with E-state index in [-0.39, 0.29) is 17.7 Å². The number of nitrogens with zero attached hydrogens (tertiary/aromatic N) is 4. The molecule has 0 aliphatic heterocycles. The maximum atomic E-state index is 12.7. The fraction of sp³-hybridized carbons (Fsp3) is 0.172. The van der Waals surface area contributed by atoms with Crippen LogP contribution in [-0.2, 0) is 23.6 Å². The fourth-order valence-electron chi connectivity index (χ4n) is 4.38. The average molecular weight is 540 g/mol. The van der Waals surface area contributed by atoms with Crippen molar-refractivity contribution in [3.05, 3.63) is 101 Å². The molecule has 0 amide bonds. The zero-order valence-electron chi connectivity index (χ0n) is 21.2. The highest BCUT2D eigenvalue weighted by Crippen LogP contribution is 2.31. The molecular formula is C29H25N5O4S. The van der Waals surface area contributed by atoms with Crippen molar-refractivity contribution in [2.45, 2.75) is 24.1 Å². The van der Waals surface area contributed by atoms with Crippen molar-refractivity contribution < 1.29 is 13.9 Å². The van der Waals surface area contributed by atoms with Crippen LogP contribution in [0.1, 0.15) is 11.6 Å².